The first-order valence-corrected chi connectivity index (χ1v) is 6.75. The molecule has 1 amide bonds. The number of nitrogens with one attached hydrogen (secondary N) is 1. The predicted octanol–water partition coefficient (Wildman–Crippen LogP) is 0.930. The van der Waals surface area contributed by atoms with Gasteiger partial charge in [0.1, 0.15) is 0 Å². The Balaban J connectivity index is 1.98. The summed E-state index contributed by atoms with van der Waals surface area (Å²) in [4.78, 5) is 24.2. The number of likely N-dealkylation sites (N-methyl/N-ethyl adjacent to an activating group) is 1. The summed E-state index contributed by atoms with van der Waals surface area (Å²) in [5, 5.41) is 13.9. The minimum Gasteiger partial charge on any atom is -0.380 e. The lowest BCUT2D eigenvalue weighted by Crippen LogP contribution is -2.41. The van der Waals surface area contributed by atoms with Crippen LogP contribution in [0.1, 0.15) is 12.0 Å². The molecular weight excluding hydrogens is 274 g/mol. The summed E-state index contributed by atoms with van der Waals surface area (Å²) in [6.45, 7) is 1.01. The Morgan fingerprint density at radius 2 is 2.33 bits per heavy atom. The number of benzene rings is 1. The van der Waals surface area contributed by atoms with E-state index in [2.05, 4.69) is 5.32 Å². The molecule has 0 bridgehead atoms. The molecule has 0 saturated carbocycles. The molecule has 1 aliphatic rings. The molecule has 1 heterocycles. The zero-order valence-electron chi connectivity index (χ0n) is 12.1. The number of rotatable bonds is 5. The molecular formula is C14H19N3O4. The highest BCUT2D eigenvalue weighted by atomic mass is 16.6. The van der Waals surface area contributed by atoms with Crippen LogP contribution in [0.5, 0.6) is 0 Å². The van der Waals surface area contributed by atoms with Gasteiger partial charge in [-0.1, -0.05) is 12.1 Å². The van der Waals surface area contributed by atoms with Gasteiger partial charge in [-0.2, -0.15) is 0 Å². The van der Waals surface area contributed by atoms with Gasteiger partial charge in [0.05, 0.1) is 17.1 Å². The predicted molar refractivity (Wildman–Crippen MR) is 76.8 cm³/mol. The van der Waals surface area contributed by atoms with Gasteiger partial charge in [-0.05, 0) is 12.0 Å². The van der Waals surface area contributed by atoms with Crippen molar-refractivity contribution in [2.45, 2.75) is 25.1 Å². The van der Waals surface area contributed by atoms with Crippen LogP contribution in [0, 0.1) is 10.1 Å². The standard InChI is InChI=1S/C14H19N3O4/c1-16(14(18)13-7-12(21-2)8-15-13)9-10-4-3-5-11(6-10)17(19)20/h3-6,12-13,15H,7-9H2,1-2H3. The van der Waals surface area contributed by atoms with Crippen molar-refractivity contribution in [1.29, 1.82) is 0 Å². The summed E-state index contributed by atoms with van der Waals surface area (Å²) in [6.07, 6.45) is 0.708. The van der Waals surface area contributed by atoms with Crippen molar-refractivity contribution in [2.75, 3.05) is 20.7 Å². The maximum absolute atomic E-state index is 12.3. The second-order valence-corrected chi connectivity index (χ2v) is 5.18. The van der Waals surface area contributed by atoms with E-state index in [0.29, 0.717) is 19.5 Å². The Hall–Kier alpha value is -1.99. The third kappa shape index (κ3) is 3.77. The van der Waals surface area contributed by atoms with E-state index in [0.717, 1.165) is 5.56 Å². The normalized spacial score (nSPS) is 21.2. The highest BCUT2D eigenvalue weighted by Crippen LogP contribution is 2.16. The molecule has 1 fully saturated rings. The van der Waals surface area contributed by atoms with Crippen LogP contribution in [0.2, 0.25) is 0 Å². The van der Waals surface area contributed by atoms with Gasteiger partial charge in [0, 0.05) is 39.4 Å². The van der Waals surface area contributed by atoms with Gasteiger partial charge in [-0.3, -0.25) is 14.9 Å². The van der Waals surface area contributed by atoms with Crippen LogP contribution in [0.25, 0.3) is 0 Å². The van der Waals surface area contributed by atoms with Gasteiger partial charge < -0.3 is 15.0 Å². The molecule has 1 aliphatic heterocycles. The zero-order valence-corrected chi connectivity index (χ0v) is 12.1. The molecule has 1 saturated heterocycles. The fourth-order valence-corrected chi connectivity index (χ4v) is 2.46. The van der Waals surface area contributed by atoms with Gasteiger partial charge in [0.15, 0.2) is 0 Å². The summed E-state index contributed by atoms with van der Waals surface area (Å²) in [5.74, 6) is -0.0268. The molecule has 114 valence electrons. The number of nitro benzene ring substituents is 1. The van der Waals surface area contributed by atoms with Crippen molar-refractivity contribution in [2.24, 2.45) is 0 Å². The fraction of sp³-hybridized carbons (Fsp3) is 0.500. The molecule has 21 heavy (non-hydrogen) atoms. The lowest BCUT2D eigenvalue weighted by atomic mass is 10.1. The number of hydrogen-bond donors (Lipinski definition) is 1. The largest absolute Gasteiger partial charge is 0.380 e. The van der Waals surface area contributed by atoms with Crippen molar-refractivity contribution in [1.82, 2.24) is 10.2 Å². The second-order valence-electron chi connectivity index (χ2n) is 5.18. The van der Waals surface area contributed by atoms with Crippen molar-refractivity contribution in [3.8, 4) is 0 Å². The van der Waals surface area contributed by atoms with E-state index in [9.17, 15) is 14.9 Å². The van der Waals surface area contributed by atoms with E-state index in [1.807, 2.05) is 0 Å². The monoisotopic (exact) mass is 293 g/mol. The van der Waals surface area contributed by atoms with E-state index in [4.69, 9.17) is 4.74 Å². The first-order chi connectivity index (χ1) is 10.0. The van der Waals surface area contributed by atoms with E-state index >= 15 is 0 Å². The average Bonchev–Trinajstić information content (AvgIpc) is 2.95. The highest BCUT2D eigenvalue weighted by Gasteiger charge is 2.31. The van der Waals surface area contributed by atoms with Crippen LogP contribution in [0.15, 0.2) is 24.3 Å². The van der Waals surface area contributed by atoms with Crippen LogP contribution in [0.4, 0.5) is 5.69 Å². The Morgan fingerprint density at radius 1 is 1.57 bits per heavy atom. The topological polar surface area (TPSA) is 84.7 Å². The Labute approximate surface area is 123 Å². The number of hydrogen-bond acceptors (Lipinski definition) is 5. The molecule has 7 nitrogen and oxygen atoms in total. The maximum Gasteiger partial charge on any atom is 0.269 e. The summed E-state index contributed by atoms with van der Waals surface area (Å²) in [6, 6.07) is 6.08. The van der Waals surface area contributed by atoms with Gasteiger partial charge in [0.25, 0.3) is 5.69 Å². The lowest BCUT2D eigenvalue weighted by molar-refractivity contribution is -0.384. The van der Waals surface area contributed by atoms with Crippen LogP contribution >= 0.6 is 0 Å². The first kappa shape index (κ1) is 15.4. The Bertz CT molecular complexity index is 535. The number of amides is 1. The van der Waals surface area contributed by atoms with E-state index in [1.165, 1.54) is 12.1 Å². The molecule has 0 radical (unpaired) electrons. The van der Waals surface area contributed by atoms with Gasteiger partial charge in [-0.25, -0.2) is 0 Å². The molecule has 0 aromatic heterocycles. The smallest absolute Gasteiger partial charge is 0.269 e. The second kappa shape index (κ2) is 6.64. The van der Waals surface area contributed by atoms with Crippen LogP contribution in [-0.2, 0) is 16.1 Å². The van der Waals surface area contributed by atoms with Crippen molar-refractivity contribution < 1.29 is 14.5 Å². The van der Waals surface area contributed by atoms with E-state index in [1.54, 1.807) is 31.2 Å². The lowest BCUT2D eigenvalue weighted by Gasteiger charge is -2.21. The SMILES string of the molecule is COC1CNC(C(=O)N(C)Cc2cccc([N+](=O)[O-])c2)C1. The number of non-ortho nitro benzene ring substituents is 1. The summed E-state index contributed by atoms with van der Waals surface area (Å²) < 4.78 is 5.22. The summed E-state index contributed by atoms with van der Waals surface area (Å²) in [7, 11) is 3.33. The maximum atomic E-state index is 12.3. The summed E-state index contributed by atoms with van der Waals surface area (Å²) in [5.41, 5.74) is 0.771. The molecule has 2 unspecified atom stereocenters. The third-order valence-electron chi connectivity index (χ3n) is 3.64. The van der Waals surface area contributed by atoms with E-state index in [-0.39, 0.29) is 23.7 Å². The average molecular weight is 293 g/mol. The number of methoxy groups -OCH3 is 1. The fourth-order valence-electron chi connectivity index (χ4n) is 2.46. The molecule has 2 atom stereocenters. The molecule has 2 rings (SSSR count). The Morgan fingerprint density at radius 3 is 2.95 bits per heavy atom. The third-order valence-corrected chi connectivity index (χ3v) is 3.64. The molecule has 1 aromatic rings. The molecule has 0 spiro atoms. The summed E-state index contributed by atoms with van der Waals surface area (Å²) >= 11 is 0. The number of carbonyl (C=O) groups excluding carboxylic acids is 1. The minimum atomic E-state index is -0.437. The van der Waals surface area contributed by atoms with E-state index < -0.39 is 4.92 Å². The minimum absolute atomic E-state index is 0.0268. The molecule has 1 aromatic carbocycles. The number of nitro groups is 1. The number of ether oxygens (including phenoxy) is 1. The molecule has 7 heteroatoms. The molecule has 0 aliphatic carbocycles. The van der Waals surface area contributed by atoms with Crippen LogP contribution in [-0.4, -0.2) is 48.6 Å². The zero-order chi connectivity index (χ0) is 15.4. The van der Waals surface area contributed by atoms with Crippen LogP contribution < -0.4 is 5.32 Å². The van der Waals surface area contributed by atoms with Crippen molar-refractivity contribution in [3.05, 3.63) is 39.9 Å². The van der Waals surface area contributed by atoms with Crippen molar-refractivity contribution in [3.63, 3.8) is 0 Å². The van der Waals surface area contributed by atoms with Crippen LogP contribution in [0.3, 0.4) is 0 Å². The Kier molecular flexibility index (Phi) is 4.87. The number of carbonyl (C=O) groups is 1. The quantitative estimate of drug-likeness (QED) is 0.645. The van der Waals surface area contributed by atoms with Gasteiger partial charge in [-0.15, -0.1) is 0 Å². The van der Waals surface area contributed by atoms with Crippen molar-refractivity contribution >= 4 is 11.6 Å². The van der Waals surface area contributed by atoms with Gasteiger partial charge in [0.2, 0.25) is 5.91 Å². The molecule has 1 N–H and O–H groups in total. The van der Waals surface area contributed by atoms with Gasteiger partial charge >= 0.3 is 0 Å². The first-order valence-electron chi connectivity index (χ1n) is 6.75. The number of nitrogens with zero attached hydrogens (tertiary/aromatic N) is 2. The highest BCUT2D eigenvalue weighted by molar-refractivity contribution is 5.82.